The van der Waals surface area contributed by atoms with Crippen LogP contribution in [0.3, 0.4) is 0 Å². The van der Waals surface area contributed by atoms with Crippen molar-refractivity contribution in [2.24, 2.45) is 17.6 Å². The zero-order chi connectivity index (χ0) is 27.8. The van der Waals surface area contributed by atoms with E-state index in [4.69, 9.17) is 10.5 Å². The molecule has 3 rings (SSSR count). The summed E-state index contributed by atoms with van der Waals surface area (Å²) in [5.41, 5.74) is 7.40. The van der Waals surface area contributed by atoms with Crippen LogP contribution in [0.2, 0.25) is 0 Å². The van der Waals surface area contributed by atoms with Crippen molar-refractivity contribution in [1.29, 1.82) is 0 Å². The number of nitrogens with one attached hydrogen (secondary N) is 1. The molecule has 0 saturated carbocycles. The molecule has 5 atom stereocenters. The van der Waals surface area contributed by atoms with Gasteiger partial charge < -0.3 is 25.8 Å². The summed E-state index contributed by atoms with van der Waals surface area (Å²) in [5.74, 6) is -1.17. The van der Waals surface area contributed by atoms with Gasteiger partial charge in [0.2, 0.25) is 5.91 Å². The number of hydrogen-bond donors (Lipinski definition) is 3. The van der Waals surface area contributed by atoms with E-state index in [9.17, 15) is 19.5 Å². The smallest absolute Gasteiger partial charge is 0.329 e. The van der Waals surface area contributed by atoms with Gasteiger partial charge in [-0.15, -0.1) is 11.3 Å². The summed E-state index contributed by atoms with van der Waals surface area (Å²) < 4.78 is 5.93. The fourth-order valence-electron chi connectivity index (χ4n) is 4.82. The van der Waals surface area contributed by atoms with Crippen molar-refractivity contribution in [2.45, 2.75) is 77.7 Å². The number of esters is 1. The number of amides is 2. The monoisotopic (exact) mass is 544 g/mol. The Kier molecular flexibility index (Phi) is 10.8. The number of allylic oxidation sites excluding steroid dienone is 2. The Morgan fingerprint density at radius 3 is 2.76 bits per heavy atom. The van der Waals surface area contributed by atoms with Crippen molar-refractivity contribution < 1.29 is 24.2 Å². The number of cyclic esters (lactones) is 1. The summed E-state index contributed by atoms with van der Waals surface area (Å²) in [6, 6.07) is -1.02. The molecule has 2 bridgehead atoms. The lowest BCUT2D eigenvalue weighted by Gasteiger charge is -2.29. The highest BCUT2D eigenvalue weighted by Crippen LogP contribution is 2.26. The molecule has 38 heavy (non-hydrogen) atoms. The minimum absolute atomic E-state index is 0.0139. The first-order valence-corrected chi connectivity index (χ1v) is 14.1. The summed E-state index contributed by atoms with van der Waals surface area (Å²) in [6.45, 7) is 8.49. The van der Waals surface area contributed by atoms with Crippen molar-refractivity contribution in [2.75, 3.05) is 13.1 Å². The lowest BCUT2D eigenvalue weighted by atomic mass is 9.94. The number of carbonyl (C=O) groups excluding carboxylic acids is 3. The van der Waals surface area contributed by atoms with Crippen LogP contribution in [0.25, 0.3) is 0 Å². The van der Waals surface area contributed by atoms with E-state index in [1.54, 1.807) is 22.4 Å². The third-order valence-electron chi connectivity index (χ3n) is 6.75. The molecule has 1 saturated heterocycles. The number of nitrogens with two attached hydrogens (primary N) is 1. The normalized spacial score (nSPS) is 29.4. The molecule has 2 aliphatic rings. The van der Waals surface area contributed by atoms with Crippen LogP contribution in [0.4, 0.5) is 0 Å². The van der Waals surface area contributed by atoms with Gasteiger partial charge in [0.25, 0.3) is 5.91 Å². The Labute approximate surface area is 228 Å². The predicted octanol–water partition coefficient (Wildman–Crippen LogP) is 2.76. The minimum Gasteiger partial charge on any atom is -0.460 e. The van der Waals surface area contributed by atoms with Gasteiger partial charge in [-0.25, -0.2) is 9.78 Å². The average molecular weight is 545 g/mol. The number of aromatic nitrogens is 1. The van der Waals surface area contributed by atoms with Crippen molar-refractivity contribution in [3.8, 4) is 0 Å². The van der Waals surface area contributed by atoms with Crippen LogP contribution < -0.4 is 11.1 Å². The number of carbonyl (C=O) groups is 3. The highest BCUT2D eigenvalue weighted by atomic mass is 32.1. The zero-order valence-corrected chi connectivity index (χ0v) is 23.4. The molecular weight excluding hydrogens is 504 g/mol. The molecule has 2 aliphatic heterocycles. The van der Waals surface area contributed by atoms with Gasteiger partial charge in [-0.3, -0.25) is 9.59 Å². The van der Waals surface area contributed by atoms with E-state index in [-0.39, 0.29) is 29.7 Å². The second-order valence-electron chi connectivity index (χ2n) is 10.5. The van der Waals surface area contributed by atoms with Gasteiger partial charge >= 0.3 is 5.97 Å². The quantitative estimate of drug-likeness (QED) is 0.463. The van der Waals surface area contributed by atoms with E-state index in [0.29, 0.717) is 49.5 Å². The summed E-state index contributed by atoms with van der Waals surface area (Å²) >= 11 is 1.35. The lowest BCUT2D eigenvalue weighted by molar-refractivity contribution is -0.158. The molecule has 0 radical (unpaired) electrons. The maximum Gasteiger partial charge on any atom is 0.329 e. The first-order valence-electron chi connectivity index (χ1n) is 13.3. The number of hydrogen-bond acceptors (Lipinski definition) is 8. The van der Waals surface area contributed by atoms with Crippen molar-refractivity contribution in [1.82, 2.24) is 15.2 Å². The first kappa shape index (κ1) is 29.7. The third-order valence-corrected chi connectivity index (χ3v) is 7.62. The van der Waals surface area contributed by atoms with E-state index in [1.165, 1.54) is 17.4 Å². The van der Waals surface area contributed by atoms with Crippen LogP contribution in [-0.2, 0) is 20.7 Å². The highest BCUT2D eigenvalue weighted by Gasteiger charge is 2.38. The number of ether oxygens (including phenoxy) is 1. The average Bonchev–Trinajstić information content (AvgIpc) is 3.52. The summed E-state index contributed by atoms with van der Waals surface area (Å²) in [6.07, 6.45) is 9.38. The highest BCUT2D eigenvalue weighted by molar-refractivity contribution is 7.09. The van der Waals surface area contributed by atoms with E-state index in [0.717, 1.165) is 5.57 Å². The number of fused-ring (bicyclic) bond motifs is 3. The lowest BCUT2D eigenvalue weighted by Crippen LogP contribution is -2.44. The summed E-state index contributed by atoms with van der Waals surface area (Å²) in [4.78, 5) is 44.8. The SMILES string of the molecule is CC1=C[C@@H](O)C[C@@H](N)Cc2nc(cs2)C(=O)N2CCC[C@@H]2C(=O)OC(C(C)C)[C@H](C)/C=C/C(=O)NCC=C1. The topological polar surface area (TPSA) is 135 Å². The van der Waals surface area contributed by atoms with Gasteiger partial charge in [0.15, 0.2) is 0 Å². The molecule has 4 N–H and O–H groups in total. The Balaban J connectivity index is 1.85. The minimum atomic E-state index is -0.735. The van der Waals surface area contributed by atoms with Gasteiger partial charge in [-0.05, 0) is 38.2 Å². The molecule has 9 nitrogen and oxygen atoms in total. The number of aliphatic hydroxyl groups excluding tert-OH is 1. The number of nitrogens with zero attached hydrogens (tertiary/aromatic N) is 2. The molecule has 1 aromatic rings. The molecule has 3 heterocycles. The fraction of sp³-hybridized carbons (Fsp3) is 0.571. The van der Waals surface area contributed by atoms with Crippen LogP contribution in [-0.4, -0.2) is 70.2 Å². The van der Waals surface area contributed by atoms with E-state index in [2.05, 4.69) is 10.3 Å². The molecular formula is C28H40N4O5S. The van der Waals surface area contributed by atoms with Crippen molar-refractivity contribution >= 4 is 29.1 Å². The van der Waals surface area contributed by atoms with Gasteiger partial charge in [0.1, 0.15) is 17.8 Å². The van der Waals surface area contributed by atoms with Crippen LogP contribution in [0, 0.1) is 11.8 Å². The van der Waals surface area contributed by atoms with Gasteiger partial charge in [0, 0.05) is 36.9 Å². The van der Waals surface area contributed by atoms with Crippen LogP contribution in [0.5, 0.6) is 0 Å². The number of thiazole rings is 1. The molecule has 208 valence electrons. The number of aliphatic hydroxyl groups is 1. The largest absolute Gasteiger partial charge is 0.460 e. The second-order valence-corrected chi connectivity index (χ2v) is 11.4. The van der Waals surface area contributed by atoms with E-state index in [1.807, 2.05) is 39.8 Å². The van der Waals surface area contributed by atoms with Crippen LogP contribution in [0.1, 0.15) is 62.5 Å². The van der Waals surface area contributed by atoms with E-state index >= 15 is 0 Å². The predicted molar refractivity (Wildman–Crippen MR) is 147 cm³/mol. The van der Waals surface area contributed by atoms with Gasteiger partial charge in [0.05, 0.1) is 11.1 Å². The molecule has 10 heteroatoms. The molecule has 0 spiro atoms. The molecule has 1 fully saturated rings. The molecule has 1 aromatic heterocycles. The fourth-order valence-corrected chi connectivity index (χ4v) is 5.69. The van der Waals surface area contributed by atoms with Crippen LogP contribution >= 0.6 is 11.3 Å². The van der Waals surface area contributed by atoms with Crippen molar-refractivity contribution in [3.63, 3.8) is 0 Å². The van der Waals surface area contributed by atoms with Crippen LogP contribution in [0.15, 0.2) is 41.3 Å². The summed E-state index contributed by atoms with van der Waals surface area (Å²) in [5, 5.41) is 15.6. The van der Waals surface area contributed by atoms with E-state index < -0.39 is 24.2 Å². The first-order chi connectivity index (χ1) is 18.0. The zero-order valence-electron chi connectivity index (χ0n) is 22.6. The number of rotatable bonds is 1. The molecule has 0 aliphatic carbocycles. The molecule has 0 aromatic carbocycles. The Morgan fingerprint density at radius 2 is 2.03 bits per heavy atom. The standard InChI is InChI=1S/C28H40N4O5S/c1-17(2)26-19(4)9-10-24(34)30-11-5-7-18(3)13-21(33)14-20(29)15-25-31-22(16-38-25)27(35)32-12-6-8-23(32)28(36)37-26/h5,7,9-10,13,16-17,19-21,23,26,33H,6,8,11-12,14-15,29H2,1-4H3,(H,30,34)/b7-5?,10-9+,18-13?/t19-,20-,21-,23-,26?/m1/s1. The van der Waals surface area contributed by atoms with Gasteiger partial charge in [-0.2, -0.15) is 0 Å². The van der Waals surface area contributed by atoms with Gasteiger partial charge in [-0.1, -0.05) is 50.6 Å². The molecule has 2 amide bonds. The maximum absolute atomic E-state index is 13.3. The second kappa shape index (κ2) is 13.8. The maximum atomic E-state index is 13.3. The molecule has 1 unspecified atom stereocenters. The Hall–Kier alpha value is -2.82. The third kappa shape index (κ3) is 8.34. The Bertz CT molecular complexity index is 1080. The Morgan fingerprint density at radius 1 is 1.26 bits per heavy atom. The van der Waals surface area contributed by atoms with Crippen molar-refractivity contribution in [3.05, 3.63) is 52.0 Å². The summed E-state index contributed by atoms with van der Waals surface area (Å²) in [7, 11) is 0.